The third-order valence-electron chi connectivity index (χ3n) is 5.97. The van der Waals surface area contributed by atoms with Gasteiger partial charge in [-0.05, 0) is 55.0 Å². The van der Waals surface area contributed by atoms with Crippen LogP contribution in [0.25, 0.3) is 0 Å². The molecule has 0 spiro atoms. The molecule has 0 unspecified atom stereocenters. The van der Waals surface area contributed by atoms with Crippen molar-refractivity contribution in [3.8, 4) is 23.0 Å². The van der Waals surface area contributed by atoms with Crippen molar-refractivity contribution in [1.82, 2.24) is 5.01 Å². The first-order valence-electron chi connectivity index (χ1n) is 10.9. The Kier molecular flexibility index (Phi) is 5.77. The fourth-order valence-electron chi connectivity index (χ4n) is 4.40. The van der Waals surface area contributed by atoms with Gasteiger partial charge in [-0.2, -0.15) is 5.10 Å². The van der Waals surface area contributed by atoms with Gasteiger partial charge in [0, 0.05) is 12.0 Å². The highest BCUT2D eigenvalue weighted by Gasteiger charge is 2.42. The van der Waals surface area contributed by atoms with Crippen molar-refractivity contribution in [3.63, 3.8) is 0 Å². The molecule has 0 saturated carbocycles. The summed E-state index contributed by atoms with van der Waals surface area (Å²) in [5.74, 6) is 2.96. The Hall–Kier alpha value is -3.38. The Bertz CT molecular complexity index is 1210. The molecule has 0 fully saturated rings. The summed E-state index contributed by atoms with van der Waals surface area (Å²) < 4.78 is 23.2. The molecule has 7 heteroatoms. The van der Waals surface area contributed by atoms with Gasteiger partial charge in [0.2, 0.25) is 6.23 Å². The lowest BCUT2D eigenvalue weighted by Gasteiger charge is -2.38. The highest BCUT2D eigenvalue weighted by molar-refractivity contribution is 6.32. The monoisotopic (exact) mass is 464 g/mol. The first-order chi connectivity index (χ1) is 16.1. The fourth-order valence-corrected chi connectivity index (χ4v) is 4.63. The lowest BCUT2D eigenvalue weighted by atomic mass is 9.95. The number of para-hydroxylation sites is 1. The van der Waals surface area contributed by atoms with Gasteiger partial charge < -0.3 is 18.9 Å². The zero-order valence-electron chi connectivity index (χ0n) is 18.7. The van der Waals surface area contributed by atoms with Crippen molar-refractivity contribution >= 4 is 17.3 Å². The fraction of sp³-hybridized carbons (Fsp3) is 0.269. The molecular formula is C26H25ClN2O4. The molecule has 6 nitrogen and oxygen atoms in total. The van der Waals surface area contributed by atoms with Gasteiger partial charge >= 0.3 is 0 Å². The van der Waals surface area contributed by atoms with E-state index in [0.717, 1.165) is 40.3 Å². The van der Waals surface area contributed by atoms with Gasteiger partial charge in [0.05, 0.1) is 43.2 Å². The van der Waals surface area contributed by atoms with Gasteiger partial charge in [0.15, 0.2) is 0 Å². The normalized spacial score (nSPS) is 18.7. The van der Waals surface area contributed by atoms with E-state index in [1.807, 2.05) is 66.5 Å². The van der Waals surface area contributed by atoms with Crippen molar-refractivity contribution in [1.29, 1.82) is 0 Å². The molecule has 2 atom stereocenters. The minimum Gasteiger partial charge on any atom is -0.497 e. The van der Waals surface area contributed by atoms with Crippen LogP contribution in [0.15, 0.2) is 65.8 Å². The molecule has 0 aliphatic carbocycles. The first kappa shape index (κ1) is 21.5. The van der Waals surface area contributed by atoms with Crippen LogP contribution in [0.2, 0.25) is 5.02 Å². The molecule has 3 aromatic rings. The number of nitrogens with zero attached hydrogens (tertiary/aromatic N) is 2. The van der Waals surface area contributed by atoms with Crippen molar-refractivity contribution in [2.45, 2.75) is 25.6 Å². The summed E-state index contributed by atoms with van der Waals surface area (Å²) in [6, 6.07) is 19.6. The summed E-state index contributed by atoms with van der Waals surface area (Å²) in [5, 5.41) is 7.60. The minimum atomic E-state index is -0.467. The van der Waals surface area contributed by atoms with Crippen LogP contribution in [-0.4, -0.2) is 31.5 Å². The Labute approximate surface area is 198 Å². The van der Waals surface area contributed by atoms with E-state index in [-0.39, 0.29) is 6.04 Å². The number of hydrazone groups is 1. The Morgan fingerprint density at radius 2 is 1.82 bits per heavy atom. The second-order valence-corrected chi connectivity index (χ2v) is 8.25. The molecule has 0 N–H and O–H groups in total. The highest BCUT2D eigenvalue weighted by Crippen LogP contribution is 2.49. The molecule has 0 bridgehead atoms. The number of hydrogen-bond donors (Lipinski definition) is 0. The van der Waals surface area contributed by atoms with Gasteiger partial charge in [-0.3, -0.25) is 0 Å². The van der Waals surface area contributed by atoms with Crippen LogP contribution >= 0.6 is 11.6 Å². The van der Waals surface area contributed by atoms with Crippen LogP contribution in [0, 0.1) is 0 Å². The van der Waals surface area contributed by atoms with Crippen molar-refractivity contribution in [2.75, 3.05) is 20.8 Å². The Morgan fingerprint density at radius 3 is 2.58 bits per heavy atom. The largest absolute Gasteiger partial charge is 0.497 e. The number of fused-ring (bicyclic) bond motifs is 3. The van der Waals surface area contributed by atoms with Crippen LogP contribution in [0.5, 0.6) is 23.0 Å². The molecule has 33 heavy (non-hydrogen) atoms. The van der Waals surface area contributed by atoms with E-state index in [2.05, 4.69) is 6.07 Å². The van der Waals surface area contributed by atoms with Crippen molar-refractivity contribution in [3.05, 3.63) is 82.4 Å². The SMILES string of the molecule is CCOc1ccc(C2=NN3[C@H](C2)c2ccccc2O[C@@H]3c2cc(OC)ccc2OC)cc1Cl. The van der Waals surface area contributed by atoms with Crippen LogP contribution in [0.4, 0.5) is 0 Å². The van der Waals surface area contributed by atoms with Crippen LogP contribution < -0.4 is 18.9 Å². The average molecular weight is 465 g/mol. The topological polar surface area (TPSA) is 52.5 Å². The summed E-state index contributed by atoms with van der Waals surface area (Å²) in [6.07, 6.45) is 0.263. The predicted octanol–water partition coefficient (Wildman–Crippen LogP) is 6.00. The first-order valence-corrected chi connectivity index (χ1v) is 11.3. The molecule has 0 saturated heterocycles. The molecule has 0 amide bonds. The zero-order valence-corrected chi connectivity index (χ0v) is 19.5. The molecule has 3 aromatic carbocycles. The Balaban J connectivity index is 1.58. The molecule has 2 aliphatic heterocycles. The van der Waals surface area contributed by atoms with Crippen LogP contribution in [-0.2, 0) is 0 Å². The van der Waals surface area contributed by atoms with Gasteiger partial charge in [-0.25, -0.2) is 5.01 Å². The lowest BCUT2D eigenvalue weighted by Crippen LogP contribution is -2.33. The lowest BCUT2D eigenvalue weighted by molar-refractivity contribution is -0.0204. The third kappa shape index (κ3) is 3.85. The van der Waals surface area contributed by atoms with E-state index >= 15 is 0 Å². The quantitative estimate of drug-likeness (QED) is 0.448. The van der Waals surface area contributed by atoms with E-state index in [4.69, 9.17) is 35.6 Å². The smallest absolute Gasteiger partial charge is 0.217 e. The zero-order chi connectivity index (χ0) is 22.9. The van der Waals surface area contributed by atoms with E-state index in [0.29, 0.717) is 23.1 Å². The van der Waals surface area contributed by atoms with E-state index < -0.39 is 6.23 Å². The summed E-state index contributed by atoms with van der Waals surface area (Å²) in [4.78, 5) is 0. The van der Waals surface area contributed by atoms with Crippen molar-refractivity contribution < 1.29 is 18.9 Å². The molecule has 0 radical (unpaired) electrons. The Morgan fingerprint density at radius 1 is 1.00 bits per heavy atom. The predicted molar refractivity (Wildman–Crippen MR) is 128 cm³/mol. The van der Waals surface area contributed by atoms with Gasteiger partial charge in [0.1, 0.15) is 23.0 Å². The summed E-state index contributed by atoms with van der Waals surface area (Å²) in [6.45, 7) is 2.50. The number of halogens is 1. The number of hydrogen-bond acceptors (Lipinski definition) is 6. The maximum absolute atomic E-state index is 6.47. The number of benzene rings is 3. The molecule has 2 heterocycles. The summed E-state index contributed by atoms with van der Waals surface area (Å²) in [5.41, 5.74) is 3.86. The van der Waals surface area contributed by atoms with Crippen LogP contribution in [0.1, 0.15) is 42.3 Å². The third-order valence-corrected chi connectivity index (χ3v) is 6.26. The molecule has 0 aromatic heterocycles. The minimum absolute atomic E-state index is 0.0243. The highest BCUT2D eigenvalue weighted by atomic mass is 35.5. The van der Waals surface area contributed by atoms with Crippen LogP contribution in [0.3, 0.4) is 0 Å². The van der Waals surface area contributed by atoms with Crippen molar-refractivity contribution in [2.24, 2.45) is 5.10 Å². The molecular weight excluding hydrogens is 440 g/mol. The number of ether oxygens (including phenoxy) is 4. The van der Waals surface area contributed by atoms with E-state index in [9.17, 15) is 0 Å². The number of rotatable bonds is 6. The second kappa shape index (κ2) is 8.87. The second-order valence-electron chi connectivity index (χ2n) is 7.84. The van der Waals surface area contributed by atoms with Gasteiger partial charge in [0.25, 0.3) is 0 Å². The van der Waals surface area contributed by atoms with Gasteiger partial charge in [-0.1, -0.05) is 29.8 Å². The van der Waals surface area contributed by atoms with E-state index in [1.165, 1.54) is 0 Å². The summed E-state index contributed by atoms with van der Waals surface area (Å²) >= 11 is 6.47. The molecule has 5 rings (SSSR count). The van der Waals surface area contributed by atoms with Gasteiger partial charge in [-0.15, -0.1) is 0 Å². The summed E-state index contributed by atoms with van der Waals surface area (Å²) in [7, 11) is 3.30. The maximum Gasteiger partial charge on any atom is 0.217 e. The van der Waals surface area contributed by atoms with E-state index in [1.54, 1.807) is 14.2 Å². The molecule has 170 valence electrons. The maximum atomic E-state index is 6.47. The number of methoxy groups -OCH3 is 2. The standard InChI is InChI=1S/C26H25ClN2O4/c1-4-32-25-11-9-16(13-20(25)27)21-15-22-18-7-5-6-8-24(18)33-26(29(22)28-21)19-14-17(30-2)10-12-23(19)31-3/h5-14,22,26H,4,15H2,1-3H3/t22-,26-/m1/s1. The average Bonchev–Trinajstić information content (AvgIpc) is 3.30. The molecule has 2 aliphatic rings.